The summed E-state index contributed by atoms with van der Waals surface area (Å²) in [5, 5.41) is 6.50. The molecule has 2 aliphatic rings. The second kappa shape index (κ2) is 7.46. The van der Waals surface area contributed by atoms with Gasteiger partial charge in [-0.2, -0.15) is 0 Å². The van der Waals surface area contributed by atoms with Gasteiger partial charge >= 0.3 is 0 Å². The van der Waals surface area contributed by atoms with Gasteiger partial charge in [-0.1, -0.05) is 0 Å². The molecule has 140 valence electrons. The fourth-order valence-corrected chi connectivity index (χ4v) is 4.81. The number of aromatic nitrogens is 2. The molecule has 2 fully saturated rings. The molecule has 7 nitrogen and oxygen atoms in total. The van der Waals surface area contributed by atoms with E-state index in [1.54, 1.807) is 24.8 Å². The van der Waals surface area contributed by atoms with E-state index in [0.29, 0.717) is 6.61 Å². The fraction of sp³-hybridized carbons (Fsp3) is 0.611. The molecular formula is C18H25N5O2S. The number of ether oxygens (including phenoxy) is 1. The average Bonchev–Trinajstić information content (AvgIpc) is 3.17. The number of carbonyl (C=O) groups is 1. The van der Waals surface area contributed by atoms with Gasteiger partial charge in [-0.05, 0) is 37.4 Å². The zero-order valence-electron chi connectivity index (χ0n) is 15.1. The molecule has 1 N–H and O–H groups in total. The highest BCUT2D eigenvalue weighted by atomic mass is 32.1. The van der Waals surface area contributed by atoms with Gasteiger partial charge in [0, 0.05) is 33.3 Å². The summed E-state index contributed by atoms with van der Waals surface area (Å²) in [5.41, 5.74) is -0.363. The van der Waals surface area contributed by atoms with Gasteiger partial charge in [0.25, 0.3) is 0 Å². The number of carbonyl (C=O) groups excluding carboxylic acids is 1. The van der Waals surface area contributed by atoms with Crippen LogP contribution in [0.15, 0.2) is 17.8 Å². The van der Waals surface area contributed by atoms with Crippen LogP contribution in [0, 0.1) is 5.41 Å². The minimum atomic E-state index is -0.363. The fourth-order valence-electron chi connectivity index (χ4n) is 4.09. The minimum absolute atomic E-state index is 0.254. The number of hydrogen-bond acceptors (Lipinski definition) is 7. The van der Waals surface area contributed by atoms with Gasteiger partial charge in [-0.15, -0.1) is 11.3 Å². The predicted octanol–water partition coefficient (Wildman–Crippen LogP) is 1.36. The van der Waals surface area contributed by atoms with E-state index in [9.17, 15) is 4.79 Å². The first-order valence-electron chi connectivity index (χ1n) is 9.16. The van der Waals surface area contributed by atoms with Crippen molar-refractivity contribution in [2.45, 2.75) is 12.8 Å². The topological polar surface area (TPSA) is 70.6 Å². The zero-order valence-corrected chi connectivity index (χ0v) is 15.9. The number of thiophene rings is 1. The molecule has 0 spiro atoms. The minimum Gasteiger partial charge on any atom is -0.384 e. The van der Waals surface area contributed by atoms with Crippen molar-refractivity contribution >= 4 is 33.3 Å². The van der Waals surface area contributed by atoms with E-state index in [0.717, 1.165) is 68.1 Å². The maximum Gasteiger partial charge on any atom is 0.231 e. The Hall–Kier alpha value is -1.77. The smallest absolute Gasteiger partial charge is 0.231 e. The molecule has 0 unspecified atom stereocenters. The number of amides is 1. The Labute approximate surface area is 157 Å². The third-order valence-electron chi connectivity index (χ3n) is 5.54. The van der Waals surface area contributed by atoms with Crippen LogP contribution in [0.3, 0.4) is 0 Å². The van der Waals surface area contributed by atoms with Crippen molar-refractivity contribution in [1.82, 2.24) is 20.2 Å². The van der Waals surface area contributed by atoms with Crippen molar-refractivity contribution in [1.29, 1.82) is 0 Å². The Morgan fingerprint density at radius 1 is 1.27 bits per heavy atom. The predicted molar refractivity (Wildman–Crippen MR) is 103 cm³/mol. The zero-order chi connectivity index (χ0) is 18.0. The Kier molecular flexibility index (Phi) is 5.06. The summed E-state index contributed by atoms with van der Waals surface area (Å²) in [7, 11) is 1.69. The average molecular weight is 375 g/mol. The molecule has 1 amide bonds. The molecule has 8 heteroatoms. The SMILES string of the molecule is COCC1(C(=O)N2CCN(c3ncnc4sccc34)CC2)CCNCC1. The molecule has 0 aromatic carbocycles. The van der Waals surface area contributed by atoms with Crippen molar-refractivity contribution in [2.75, 3.05) is 57.9 Å². The number of piperidine rings is 1. The second-order valence-electron chi connectivity index (χ2n) is 7.08. The monoisotopic (exact) mass is 375 g/mol. The summed E-state index contributed by atoms with van der Waals surface area (Å²) in [4.78, 5) is 27.4. The first-order valence-corrected chi connectivity index (χ1v) is 10.0. The molecule has 0 saturated carbocycles. The second-order valence-corrected chi connectivity index (χ2v) is 7.97. The van der Waals surface area contributed by atoms with E-state index < -0.39 is 0 Å². The van der Waals surface area contributed by atoms with Gasteiger partial charge in [0.1, 0.15) is 17.0 Å². The molecule has 2 aliphatic heterocycles. The third kappa shape index (κ3) is 3.17. The molecule has 4 heterocycles. The number of methoxy groups -OCH3 is 1. The van der Waals surface area contributed by atoms with Gasteiger partial charge < -0.3 is 19.9 Å². The van der Waals surface area contributed by atoms with Crippen LogP contribution in [0.4, 0.5) is 5.82 Å². The number of rotatable bonds is 4. The van der Waals surface area contributed by atoms with Gasteiger partial charge in [-0.3, -0.25) is 4.79 Å². The number of nitrogens with one attached hydrogen (secondary N) is 1. The number of piperazine rings is 1. The Morgan fingerprint density at radius 3 is 2.77 bits per heavy atom. The van der Waals surface area contributed by atoms with Gasteiger partial charge in [0.15, 0.2) is 0 Å². The van der Waals surface area contributed by atoms with E-state index in [4.69, 9.17) is 4.74 Å². The van der Waals surface area contributed by atoms with Crippen LogP contribution in [0.1, 0.15) is 12.8 Å². The maximum absolute atomic E-state index is 13.3. The highest BCUT2D eigenvalue weighted by Crippen LogP contribution is 2.33. The van der Waals surface area contributed by atoms with E-state index >= 15 is 0 Å². The molecule has 2 aromatic heterocycles. The van der Waals surface area contributed by atoms with Crippen molar-refractivity contribution < 1.29 is 9.53 Å². The first kappa shape index (κ1) is 17.6. The lowest BCUT2D eigenvalue weighted by Crippen LogP contribution is -2.56. The van der Waals surface area contributed by atoms with Crippen molar-refractivity contribution in [3.05, 3.63) is 17.8 Å². The molecule has 4 rings (SSSR count). The summed E-state index contributed by atoms with van der Waals surface area (Å²) in [5.74, 6) is 1.24. The molecule has 26 heavy (non-hydrogen) atoms. The van der Waals surface area contributed by atoms with Crippen LogP contribution in [0.5, 0.6) is 0 Å². The van der Waals surface area contributed by atoms with Crippen molar-refractivity contribution in [3.8, 4) is 0 Å². The summed E-state index contributed by atoms with van der Waals surface area (Å²) in [6, 6.07) is 2.08. The summed E-state index contributed by atoms with van der Waals surface area (Å²) in [6.07, 6.45) is 3.33. The number of nitrogens with zero attached hydrogens (tertiary/aromatic N) is 4. The van der Waals surface area contributed by atoms with Crippen LogP contribution in [-0.2, 0) is 9.53 Å². The Bertz CT molecular complexity index is 760. The lowest BCUT2D eigenvalue weighted by atomic mass is 9.78. The number of hydrogen-bond donors (Lipinski definition) is 1. The quantitative estimate of drug-likeness (QED) is 0.870. The molecular weight excluding hydrogens is 350 g/mol. The lowest BCUT2D eigenvalue weighted by Gasteiger charge is -2.43. The molecule has 2 saturated heterocycles. The lowest BCUT2D eigenvalue weighted by molar-refractivity contribution is -0.147. The first-order chi connectivity index (χ1) is 12.7. The highest BCUT2D eigenvalue weighted by molar-refractivity contribution is 7.16. The van der Waals surface area contributed by atoms with Crippen LogP contribution < -0.4 is 10.2 Å². The van der Waals surface area contributed by atoms with Gasteiger partial charge in [-0.25, -0.2) is 9.97 Å². The number of anilines is 1. The molecule has 2 aromatic rings. The van der Waals surface area contributed by atoms with Crippen LogP contribution in [0.25, 0.3) is 10.2 Å². The Balaban J connectivity index is 1.46. The van der Waals surface area contributed by atoms with Crippen molar-refractivity contribution in [3.63, 3.8) is 0 Å². The van der Waals surface area contributed by atoms with E-state index in [1.165, 1.54) is 0 Å². The van der Waals surface area contributed by atoms with Gasteiger partial charge in [0.05, 0.1) is 17.4 Å². The molecule has 0 bridgehead atoms. The van der Waals surface area contributed by atoms with E-state index in [1.807, 2.05) is 10.3 Å². The number of fused-ring (bicyclic) bond motifs is 1. The largest absolute Gasteiger partial charge is 0.384 e. The third-order valence-corrected chi connectivity index (χ3v) is 6.36. The standard InChI is InChI=1S/C18H25N5O2S/c1-25-12-18(3-5-19-6-4-18)17(24)23-9-7-22(8-10-23)15-14-2-11-26-16(14)21-13-20-15/h2,11,13,19H,3-10,12H2,1H3. The maximum atomic E-state index is 13.3. The van der Waals surface area contributed by atoms with Crippen LogP contribution in [-0.4, -0.2) is 73.8 Å². The van der Waals surface area contributed by atoms with E-state index in [-0.39, 0.29) is 11.3 Å². The van der Waals surface area contributed by atoms with Crippen LogP contribution in [0.2, 0.25) is 0 Å². The van der Waals surface area contributed by atoms with E-state index in [2.05, 4.69) is 26.3 Å². The summed E-state index contributed by atoms with van der Waals surface area (Å²) >= 11 is 1.63. The van der Waals surface area contributed by atoms with Gasteiger partial charge in [0.2, 0.25) is 5.91 Å². The Morgan fingerprint density at radius 2 is 2.04 bits per heavy atom. The summed E-state index contributed by atoms with van der Waals surface area (Å²) < 4.78 is 5.42. The summed E-state index contributed by atoms with van der Waals surface area (Å²) in [6.45, 7) is 5.33. The van der Waals surface area contributed by atoms with Crippen LogP contribution >= 0.6 is 11.3 Å². The van der Waals surface area contributed by atoms with Crippen molar-refractivity contribution in [2.24, 2.45) is 5.41 Å². The molecule has 0 aliphatic carbocycles. The molecule has 0 radical (unpaired) electrons. The normalized spacial score (nSPS) is 20.5. The highest BCUT2D eigenvalue weighted by Gasteiger charge is 2.42. The molecule has 0 atom stereocenters.